The Hall–Kier alpha value is -2.75. The van der Waals surface area contributed by atoms with Crippen molar-refractivity contribution in [1.82, 2.24) is 5.32 Å². The zero-order valence-electron chi connectivity index (χ0n) is 18.8. The number of nitrogens with zero attached hydrogens (tertiary/aromatic N) is 1. The number of urea groups is 1. The van der Waals surface area contributed by atoms with Crippen molar-refractivity contribution in [3.8, 4) is 11.5 Å². The number of barbiturate groups is 1. The second kappa shape index (κ2) is 11.3. The van der Waals surface area contributed by atoms with E-state index in [9.17, 15) is 14.4 Å². The molecule has 3 aromatic carbocycles. The Balaban J connectivity index is 1.65. The van der Waals surface area contributed by atoms with E-state index in [1.165, 1.54) is 31.4 Å². The molecule has 37 heavy (non-hydrogen) atoms. The molecule has 7 nitrogen and oxygen atoms in total. The highest BCUT2D eigenvalue weighted by molar-refractivity contribution is 9.10. The van der Waals surface area contributed by atoms with Gasteiger partial charge in [-0.25, -0.2) is 9.69 Å². The van der Waals surface area contributed by atoms with Crippen LogP contribution in [0.5, 0.6) is 11.5 Å². The van der Waals surface area contributed by atoms with Crippen molar-refractivity contribution in [1.29, 1.82) is 0 Å². The van der Waals surface area contributed by atoms with Gasteiger partial charge in [-0.1, -0.05) is 52.5 Å². The fraction of sp³-hybridized carbons (Fsp3) is 0.0800. The fourth-order valence-electron chi connectivity index (χ4n) is 3.43. The van der Waals surface area contributed by atoms with E-state index in [1.807, 2.05) is 0 Å². The van der Waals surface area contributed by atoms with Gasteiger partial charge in [-0.15, -0.1) is 0 Å². The highest BCUT2D eigenvalue weighted by Crippen LogP contribution is 2.38. The molecule has 1 fully saturated rings. The molecular weight excluding hydrogens is 630 g/mol. The molecule has 0 aliphatic carbocycles. The molecule has 1 aliphatic heterocycles. The average molecular weight is 645 g/mol. The Kier molecular flexibility index (Phi) is 8.36. The number of anilines is 1. The molecule has 0 spiro atoms. The maximum absolute atomic E-state index is 13.2. The molecule has 1 saturated heterocycles. The van der Waals surface area contributed by atoms with E-state index in [2.05, 4.69) is 21.2 Å². The highest BCUT2D eigenvalue weighted by Gasteiger charge is 2.37. The number of methoxy groups -OCH3 is 1. The fourth-order valence-corrected chi connectivity index (χ4v) is 4.76. The van der Waals surface area contributed by atoms with Gasteiger partial charge < -0.3 is 9.47 Å². The zero-order chi connectivity index (χ0) is 26.9. The summed E-state index contributed by atoms with van der Waals surface area (Å²) < 4.78 is 11.9. The molecule has 4 rings (SSSR count). The molecule has 0 aromatic heterocycles. The van der Waals surface area contributed by atoms with Gasteiger partial charge in [0.2, 0.25) is 0 Å². The monoisotopic (exact) mass is 642 g/mol. The second-order valence-electron chi connectivity index (χ2n) is 7.61. The number of amides is 4. The first-order chi connectivity index (χ1) is 17.6. The van der Waals surface area contributed by atoms with Crippen LogP contribution in [-0.2, 0) is 16.2 Å². The number of ether oxygens (including phenoxy) is 2. The van der Waals surface area contributed by atoms with Gasteiger partial charge in [0.05, 0.1) is 27.3 Å². The number of hydrogen-bond acceptors (Lipinski definition) is 5. The third-order valence-electron chi connectivity index (χ3n) is 5.21. The van der Waals surface area contributed by atoms with Crippen molar-refractivity contribution in [3.05, 3.63) is 89.8 Å². The normalized spacial score (nSPS) is 14.7. The predicted molar refractivity (Wildman–Crippen MR) is 147 cm³/mol. The van der Waals surface area contributed by atoms with E-state index >= 15 is 0 Å². The number of carbonyl (C=O) groups is 3. The van der Waals surface area contributed by atoms with Crippen LogP contribution in [0.15, 0.2) is 58.6 Å². The number of nitrogens with one attached hydrogen (secondary N) is 1. The molecule has 0 saturated carbocycles. The maximum atomic E-state index is 13.2. The summed E-state index contributed by atoms with van der Waals surface area (Å²) in [7, 11) is 1.45. The van der Waals surface area contributed by atoms with Crippen LogP contribution in [0.25, 0.3) is 6.08 Å². The van der Waals surface area contributed by atoms with E-state index in [0.717, 1.165) is 4.90 Å². The van der Waals surface area contributed by atoms with Gasteiger partial charge in [-0.3, -0.25) is 14.9 Å². The summed E-state index contributed by atoms with van der Waals surface area (Å²) in [4.78, 5) is 39.0. The van der Waals surface area contributed by atoms with E-state index < -0.39 is 17.8 Å². The summed E-state index contributed by atoms with van der Waals surface area (Å²) in [5.41, 5.74) is 1.02. The van der Waals surface area contributed by atoms with Gasteiger partial charge in [-0.05, 0) is 70.0 Å². The zero-order valence-corrected chi connectivity index (χ0v) is 23.4. The third-order valence-corrected chi connectivity index (χ3v) is 7.13. The molecule has 12 heteroatoms. The standard InChI is InChI=1S/C25H15BrCl4N2O5/c1-36-21-8-12(7-17(26)22(21)37-11-13-2-3-14(27)9-19(13)29)6-16-23(33)31-25(35)32(24(16)34)15-4-5-18(28)20(30)10-15/h2-10H,11H2,1H3,(H,31,33,35)/b16-6+. The number of hydrogen-bond donors (Lipinski definition) is 1. The van der Waals surface area contributed by atoms with Gasteiger partial charge in [0.25, 0.3) is 11.8 Å². The van der Waals surface area contributed by atoms with Crippen LogP contribution in [-0.4, -0.2) is 25.0 Å². The molecule has 4 amide bonds. The lowest BCUT2D eigenvalue weighted by atomic mass is 10.1. The van der Waals surface area contributed by atoms with Crippen LogP contribution in [0.3, 0.4) is 0 Å². The Labute approximate surface area is 240 Å². The van der Waals surface area contributed by atoms with Crippen LogP contribution >= 0.6 is 62.3 Å². The lowest BCUT2D eigenvalue weighted by Gasteiger charge is -2.26. The van der Waals surface area contributed by atoms with Crippen LogP contribution in [0.1, 0.15) is 11.1 Å². The summed E-state index contributed by atoms with van der Waals surface area (Å²) in [5, 5.41) is 3.51. The van der Waals surface area contributed by atoms with Gasteiger partial charge in [-0.2, -0.15) is 0 Å². The van der Waals surface area contributed by atoms with Crippen LogP contribution in [0.2, 0.25) is 20.1 Å². The number of halogens is 5. The van der Waals surface area contributed by atoms with Gasteiger partial charge >= 0.3 is 6.03 Å². The quantitative estimate of drug-likeness (QED) is 0.225. The Morgan fingerprint density at radius 2 is 1.70 bits per heavy atom. The number of benzene rings is 3. The lowest BCUT2D eigenvalue weighted by molar-refractivity contribution is -0.122. The second-order valence-corrected chi connectivity index (χ2v) is 10.1. The summed E-state index contributed by atoms with van der Waals surface area (Å²) >= 11 is 27.6. The minimum Gasteiger partial charge on any atom is -0.493 e. The Bertz CT molecular complexity index is 1480. The minimum atomic E-state index is -0.908. The van der Waals surface area contributed by atoms with Crippen LogP contribution in [0.4, 0.5) is 10.5 Å². The largest absolute Gasteiger partial charge is 0.493 e. The number of rotatable bonds is 6. The minimum absolute atomic E-state index is 0.132. The summed E-state index contributed by atoms with van der Waals surface area (Å²) in [6.45, 7) is 0.132. The average Bonchev–Trinajstić information content (AvgIpc) is 2.84. The first kappa shape index (κ1) is 27.3. The smallest absolute Gasteiger partial charge is 0.335 e. The molecule has 0 bridgehead atoms. The van der Waals surface area contributed by atoms with E-state index in [-0.39, 0.29) is 27.9 Å². The molecule has 0 atom stereocenters. The topological polar surface area (TPSA) is 84.9 Å². The number of imide groups is 2. The first-order valence-corrected chi connectivity index (χ1v) is 12.7. The molecule has 3 aromatic rings. The van der Waals surface area contributed by atoms with Gasteiger partial charge in [0.1, 0.15) is 12.2 Å². The molecule has 0 radical (unpaired) electrons. The van der Waals surface area contributed by atoms with Crippen LogP contribution in [0, 0.1) is 0 Å². The summed E-state index contributed by atoms with van der Waals surface area (Å²) in [5.74, 6) is -0.978. The van der Waals surface area contributed by atoms with Crippen molar-refractivity contribution in [3.63, 3.8) is 0 Å². The molecule has 1 heterocycles. The number of carbonyl (C=O) groups excluding carboxylic acids is 3. The SMILES string of the molecule is COc1cc(/C=C2\C(=O)NC(=O)N(c3ccc(Cl)c(Cl)c3)C2=O)cc(Br)c1OCc1ccc(Cl)cc1Cl. The lowest BCUT2D eigenvalue weighted by Crippen LogP contribution is -2.54. The van der Waals surface area contributed by atoms with Crippen molar-refractivity contribution in [2.75, 3.05) is 12.0 Å². The molecule has 190 valence electrons. The summed E-state index contributed by atoms with van der Waals surface area (Å²) in [6, 6.07) is 11.6. The van der Waals surface area contributed by atoms with E-state index in [0.29, 0.717) is 37.1 Å². The molecular formula is C25H15BrCl4N2O5. The molecule has 1 N–H and O–H groups in total. The van der Waals surface area contributed by atoms with Crippen molar-refractivity contribution >= 4 is 91.9 Å². The van der Waals surface area contributed by atoms with Crippen LogP contribution < -0.4 is 19.7 Å². The van der Waals surface area contributed by atoms with Crippen molar-refractivity contribution in [2.45, 2.75) is 6.61 Å². The third kappa shape index (κ3) is 5.89. The van der Waals surface area contributed by atoms with Crippen molar-refractivity contribution < 1.29 is 23.9 Å². The van der Waals surface area contributed by atoms with Gasteiger partial charge in [0, 0.05) is 15.6 Å². The Morgan fingerprint density at radius 1 is 0.946 bits per heavy atom. The van der Waals surface area contributed by atoms with E-state index in [4.69, 9.17) is 55.9 Å². The van der Waals surface area contributed by atoms with E-state index in [1.54, 1.807) is 30.3 Å². The van der Waals surface area contributed by atoms with Gasteiger partial charge in [0.15, 0.2) is 11.5 Å². The van der Waals surface area contributed by atoms with Crippen molar-refractivity contribution in [2.24, 2.45) is 0 Å². The highest BCUT2D eigenvalue weighted by atomic mass is 79.9. The molecule has 1 aliphatic rings. The Morgan fingerprint density at radius 3 is 2.38 bits per heavy atom. The predicted octanol–water partition coefficient (Wildman–Crippen LogP) is 7.32. The summed E-state index contributed by atoms with van der Waals surface area (Å²) in [6.07, 6.45) is 1.34. The maximum Gasteiger partial charge on any atom is 0.335 e. The molecule has 0 unspecified atom stereocenters. The first-order valence-electron chi connectivity index (χ1n) is 10.4.